The minimum absolute atomic E-state index is 0.0162. The lowest BCUT2D eigenvalue weighted by Crippen LogP contribution is -2.34. The average Bonchev–Trinajstić information content (AvgIpc) is 3.24. The highest BCUT2D eigenvalue weighted by molar-refractivity contribution is 5.90. The zero-order chi connectivity index (χ0) is 16.2. The Morgan fingerprint density at radius 3 is 2.61 bits per heavy atom. The number of amides is 2. The molecule has 6 nitrogen and oxygen atoms in total. The van der Waals surface area contributed by atoms with Gasteiger partial charge in [0.15, 0.2) is 0 Å². The van der Waals surface area contributed by atoms with Crippen LogP contribution >= 0.6 is 0 Å². The lowest BCUT2D eigenvalue weighted by molar-refractivity contribution is 0.200. The van der Waals surface area contributed by atoms with Gasteiger partial charge in [-0.05, 0) is 25.0 Å². The predicted octanol–water partition coefficient (Wildman–Crippen LogP) is 3.67. The molecule has 1 aliphatic rings. The number of anilines is 1. The summed E-state index contributed by atoms with van der Waals surface area (Å²) in [6, 6.07) is 8.87. The number of likely N-dealkylation sites (tertiary alicyclic amines) is 1. The molecule has 23 heavy (non-hydrogen) atoms. The molecule has 0 unspecified atom stereocenters. The van der Waals surface area contributed by atoms with Crippen molar-refractivity contribution in [3.63, 3.8) is 0 Å². The fourth-order valence-corrected chi connectivity index (χ4v) is 2.86. The van der Waals surface area contributed by atoms with E-state index in [0.29, 0.717) is 23.7 Å². The maximum atomic E-state index is 12.6. The van der Waals surface area contributed by atoms with Gasteiger partial charge in [0, 0.05) is 30.4 Å². The first-order valence-electron chi connectivity index (χ1n) is 7.55. The number of benzene rings is 1. The van der Waals surface area contributed by atoms with Crippen molar-refractivity contribution >= 4 is 11.7 Å². The number of urea groups is 1. The van der Waals surface area contributed by atoms with Gasteiger partial charge in [-0.3, -0.25) is 0 Å². The summed E-state index contributed by atoms with van der Waals surface area (Å²) in [5.41, 5.74) is 0.635. The molecule has 0 aliphatic carbocycles. The fourth-order valence-electron chi connectivity index (χ4n) is 2.86. The molecular formula is C17H20N2O4. The first-order valence-corrected chi connectivity index (χ1v) is 7.55. The van der Waals surface area contributed by atoms with Crippen molar-refractivity contribution in [1.29, 1.82) is 0 Å². The van der Waals surface area contributed by atoms with E-state index in [2.05, 4.69) is 5.32 Å². The molecule has 1 aliphatic heterocycles. The van der Waals surface area contributed by atoms with E-state index in [9.17, 15) is 4.79 Å². The molecule has 122 valence electrons. The normalized spacial score (nSPS) is 17.1. The molecule has 2 amide bonds. The largest absolute Gasteiger partial charge is 0.497 e. The van der Waals surface area contributed by atoms with E-state index < -0.39 is 0 Å². The van der Waals surface area contributed by atoms with Gasteiger partial charge >= 0.3 is 6.03 Å². The second kappa shape index (κ2) is 6.64. The Hall–Kier alpha value is -2.63. The number of hydrogen-bond acceptors (Lipinski definition) is 4. The van der Waals surface area contributed by atoms with Crippen LogP contribution in [0.3, 0.4) is 0 Å². The highest BCUT2D eigenvalue weighted by Crippen LogP contribution is 2.33. The maximum Gasteiger partial charge on any atom is 0.322 e. The van der Waals surface area contributed by atoms with Crippen molar-refractivity contribution in [1.82, 2.24) is 4.90 Å². The van der Waals surface area contributed by atoms with Gasteiger partial charge in [0.25, 0.3) is 0 Å². The third kappa shape index (κ3) is 3.26. The van der Waals surface area contributed by atoms with E-state index in [4.69, 9.17) is 13.9 Å². The molecule has 0 radical (unpaired) electrons. The van der Waals surface area contributed by atoms with Crippen LogP contribution in [0.5, 0.6) is 11.5 Å². The van der Waals surface area contributed by atoms with E-state index in [1.54, 1.807) is 43.6 Å². The smallest absolute Gasteiger partial charge is 0.322 e. The molecule has 0 saturated carbocycles. The monoisotopic (exact) mass is 316 g/mol. The second-order valence-electron chi connectivity index (χ2n) is 5.40. The molecule has 2 heterocycles. The van der Waals surface area contributed by atoms with Crippen molar-refractivity contribution in [2.45, 2.75) is 18.9 Å². The average molecular weight is 316 g/mol. The summed E-state index contributed by atoms with van der Waals surface area (Å²) in [7, 11) is 3.15. The molecule has 1 aromatic heterocycles. The quantitative estimate of drug-likeness (QED) is 0.935. The first-order chi connectivity index (χ1) is 11.2. The Balaban J connectivity index is 1.76. The standard InChI is InChI=1S/C17H20N2O4/c1-21-13-9-12(10-14(11-13)22-2)18-17(20)19-7-3-5-15(19)16-6-4-8-23-16/h4,6,8-11,15H,3,5,7H2,1-2H3,(H,18,20)/t15-/m1/s1. The van der Waals surface area contributed by atoms with Crippen LogP contribution in [0.2, 0.25) is 0 Å². The predicted molar refractivity (Wildman–Crippen MR) is 86.0 cm³/mol. The van der Waals surface area contributed by atoms with Gasteiger partial charge in [-0.2, -0.15) is 0 Å². The lowest BCUT2D eigenvalue weighted by Gasteiger charge is -2.23. The maximum absolute atomic E-state index is 12.6. The highest BCUT2D eigenvalue weighted by Gasteiger charge is 2.31. The van der Waals surface area contributed by atoms with Crippen molar-refractivity contribution in [2.24, 2.45) is 0 Å². The number of ether oxygens (including phenoxy) is 2. The van der Waals surface area contributed by atoms with Crippen LogP contribution in [0.15, 0.2) is 41.0 Å². The summed E-state index contributed by atoms with van der Waals surface area (Å²) in [5, 5.41) is 2.91. The van der Waals surface area contributed by atoms with Gasteiger partial charge in [0.05, 0.1) is 26.5 Å². The zero-order valence-electron chi connectivity index (χ0n) is 13.2. The van der Waals surface area contributed by atoms with E-state index in [-0.39, 0.29) is 12.1 Å². The summed E-state index contributed by atoms with van der Waals surface area (Å²) in [6.07, 6.45) is 3.50. The van der Waals surface area contributed by atoms with Crippen molar-refractivity contribution < 1.29 is 18.7 Å². The fraction of sp³-hybridized carbons (Fsp3) is 0.353. The summed E-state index contributed by atoms with van der Waals surface area (Å²) in [4.78, 5) is 14.4. The zero-order valence-corrected chi connectivity index (χ0v) is 13.2. The molecule has 3 rings (SSSR count). The number of methoxy groups -OCH3 is 2. The molecule has 0 bridgehead atoms. The number of hydrogen-bond donors (Lipinski definition) is 1. The number of furan rings is 1. The third-order valence-electron chi connectivity index (χ3n) is 3.99. The molecule has 1 aromatic carbocycles. The molecular weight excluding hydrogens is 296 g/mol. The van der Waals surface area contributed by atoms with Gasteiger partial charge in [0.1, 0.15) is 17.3 Å². The Morgan fingerprint density at radius 2 is 2.00 bits per heavy atom. The van der Waals surface area contributed by atoms with Gasteiger partial charge < -0.3 is 24.1 Å². The summed E-state index contributed by atoms with van der Waals surface area (Å²) in [5.74, 6) is 2.08. The van der Waals surface area contributed by atoms with Crippen LogP contribution in [0, 0.1) is 0 Å². The van der Waals surface area contributed by atoms with Crippen LogP contribution in [-0.2, 0) is 0 Å². The number of nitrogens with zero attached hydrogens (tertiary/aromatic N) is 1. The van der Waals surface area contributed by atoms with Gasteiger partial charge in [-0.25, -0.2) is 4.79 Å². The summed E-state index contributed by atoms with van der Waals surface area (Å²) >= 11 is 0. The van der Waals surface area contributed by atoms with Gasteiger partial charge in [0.2, 0.25) is 0 Å². The Bertz CT molecular complexity index is 647. The van der Waals surface area contributed by atoms with Crippen LogP contribution in [-0.4, -0.2) is 31.7 Å². The summed E-state index contributed by atoms with van der Waals surface area (Å²) in [6.45, 7) is 0.707. The van der Waals surface area contributed by atoms with Crippen LogP contribution < -0.4 is 14.8 Å². The van der Waals surface area contributed by atoms with E-state index in [1.165, 1.54) is 0 Å². The van der Waals surface area contributed by atoms with Crippen LogP contribution in [0.1, 0.15) is 24.6 Å². The van der Waals surface area contributed by atoms with Crippen molar-refractivity contribution in [3.8, 4) is 11.5 Å². The Labute approximate surface area is 135 Å². The van der Waals surface area contributed by atoms with Crippen molar-refractivity contribution in [3.05, 3.63) is 42.4 Å². The second-order valence-corrected chi connectivity index (χ2v) is 5.40. The number of carbonyl (C=O) groups is 1. The molecule has 1 saturated heterocycles. The number of carbonyl (C=O) groups excluding carboxylic acids is 1. The van der Waals surface area contributed by atoms with Crippen molar-refractivity contribution in [2.75, 3.05) is 26.1 Å². The molecule has 1 fully saturated rings. The highest BCUT2D eigenvalue weighted by atomic mass is 16.5. The van der Waals surface area contributed by atoms with E-state index in [0.717, 1.165) is 18.6 Å². The SMILES string of the molecule is COc1cc(NC(=O)N2CCC[C@@H]2c2ccco2)cc(OC)c1. The molecule has 0 spiro atoms. The molecule has 1 atom stereocenters. The minimum Gasteiger partial charge on any atom is -0.497 e. The summed E-state index contributed by atoms with van der Waals surface area (Å²) < 4.78 is 15.9. The van der Waals surface area contributed by atoms with Gasteiger partial charge in [-0.1, -0.05) is 0 Å². The minimum atomic E-state index is -0.154. The number of rotatable bonds is 4. The third-order valence-corrected chi connectivity index (χ3v) is 3.99. The Kier molecular flexibility index (Phi) is 4.41. The first kappa shape index (κ1) is 15.3. The van der Waals surface area contributed by atoms with Crippen LogP contribution in [0.4, 0.5) is 10.5 Å². The van der Waals surface area contributed by atoms with E-state index >= 15 is 0 Å². The Morgan fingerprint density at radius 1 is 1.26 bits per heavy atom. The lowest BCUT2D eigenvalue weighted by atomic mass is 10.2. The van der Waals surface area contributed by atoms with Crippen LogP contribution in [0.25, 0.3) is 0 Å². The number of nitrogens with one attached hydrogen (secondary N) is 1. The van der Waals surface area contributed by atoms with Gasteiger partial charge in [-0.15, -0.1) is 0 Å². The topological polar surface area (TPSA) is 63.9 Å². The molecule has 2 aromatic rings. The molecule has 6 heteroatoms. The van der Waals surface area contributed by atoms with E-state index in [1.807, 2.05) is 12.1 Å². The molecule has 1 N–H and O–H groups in total.